The third kappa shape index (κ3) is 2.48. The fourth-order valence-corrected chi connectivity index (χ4v) is 3.02. The topological polar surface area (TPSA) is 17.1 Å². The van der Waals surface area contributed by atoms with Crippen LogP contribution in [0, 0.1) is 11.6 Å². The SMILES string of the molecule is O=C(Cc1ccc(F)cc1F)C1(c2ccccc2)CCC1. The lowest BCUT2D eigenvalue weighted by Crippen LogP contribution is -2.43. The van der Waals surface area contributed by atoms with Crippen molar-refractivity contribution in [1.82, 2.24) is 0 Å². The largest absolute Gasteiger partial charge is 0.298 e. The maximum atomic E-state index is 13.7. The molecule has 1 fully saturated rings. The van der Waals surface area contributed by atoms with Gasteiger partial charge in [-0.2, -0.15) is 0 Å². The second-order valence-electron chi connectivity index (χ2n) is 5.64. The first-order chi connectivity index (χ1) is 10.1. The van der Waals surface area contributed by atoms with Gasteiger partial charge in [0, 0.05) is 12.5 Å². The molecule has 3 rings (SSSR count). The smallest absolute Gasteiger partial charge is 0.147 e. The van der Waals surface area contributed by atoms with Gasteiger partial charge in [0.25, 0.3) is 0 Å². The molecule has 21 heavy (non-hydrogen) atoms. The van der Waals surface area contributed by atoms with Crippen LogP contribution in [0.2, 0.25) is 0 Å². The van der Waals surface area contributed by atoms with Gasteiger partial charge in [-0.15, -0.1) is 0 Å². The summed E-state index contributed by atoms with van der Waals surface area (Å²) in [7, 11) is 0. The summed E-state index contributed by atoms with van der Waals surface area (Å²) in [6.07, 6.45) is 2.63. The van der Waals surface area contributed by atoms with E-state index in [9.17, 15) is 13.6 Å². The van der Waals surface area contributed by atoms with Gasteiger partial charge >= 0.3 is 0 Å². The van der Waals surface area contributed by atoms with Crippen LogP contribution in [0.4, 0.5) is 8.78 Å². The number of halogens is 2. The molecular weight excluding hydrogens is 270 g/mol. The third-order valence-corrected chi connectivity index (χ3v) is 4.43. The molecule has 0 aromatic heterocycles. The van der Waals surface area contributed by atoms with Gasteiger partial charge in [0.15, 0.2) is 0 Å². The Morgan fingerprint density at radius 3 is 2.33 bits per heavy atom. The summed E-state index contributed by atoms with van der Waals surface area (Å²) in [6, 6.07) is 13.1. The van der Waals surface area contributed by atoms with Crippen molar-refractivity contribution in [1.29, 1.82) is 0 Å². The van der Waals surface area contributed by atoms with Gasteiger partial charge in [0.2, 0.25) is 0 Å². The van der Waals surface area contributed by atoms with Crippen molar-refractivity contribution in [2.24, 2.45) is 0 Å². The molecule has 0 heterocycles. The molecule has 0 N–H and O–H groups in total. The Kier molecular flexibility index (Phi) is 3.58. The van der Waals surface area contributed by atoms with Gasteiger partial charge in [-0.1, -0.05) is 42.8 Å². The van der Waals surface area contributed by atoms with Gasteiger partial charge < -0.3 is 0 Å². The number of carbonyl (C=O) groups excluding carboxylic acids is 1. The normalized spacial score (nSPS) is 16.3. The Balaban J connectivity index is 1.87. The van der Waals surface area contributed by atoms with Crippen LogP contribution < -0.4 is 0 Å². The maximum absolute atomic E-state index is 13.7. The molecule has 1 nitrogen and oxygen atoms in total. The Morgan fingerprint density at radius 2 is 1.76 bits per heavy atom. The van der Waals surface area contributed by atoms with Crippen molar-refractivity contribution >= 4 is 5.78 Å². The maximum Gasteiger partial charge on any atom is 0.147 e. The summed E-state index contributed by atoms with van der Waals surface area (Å²) in [6.45, 7) is 0. The van der Waals surface area contributed by atoms with Crippen molar-refractivity contribution in [3.05, 3.63) is 71.3 Å². The van der Waals surface area contributed by atoms with Crippen molar-refractivity contribution in [2.45, 2.75) is 31.1 Å². The van der Waals surface area contributed by atoms with Crippen LogP contribution in [-0.4, -0.2) is 5.78 Å². The lowest BCUT2D eigenvalue weighted by atomic mass is 9.61. The van der Waals surface area contributed by atoms with E-state index in [0.717, 1.165) is 30.9 Å². The fraction of sp³-hybridized carbons (Fsp3) is 0.278. The Morgan fingerprint density at radius 1 is 1.05 bits per heavy atom. The molecule has 0 amide bonds. The van der Waals surface area contributed by atoms with Crippen LogP contribution in [0.15, 0.2) is 48.5 Å². The molecule has 1 aliphatic rings. The third-order valence-electron chi connectivity index (χ3n) is 4.43. The van der Waals surface area contributed by atoms with E-state index in [-0.39, 0.29) is 17.8 Å². The zero-order valence-corrected chi connectivity index (χ0v) is 11.6. The van der Waals surface area contributed by atoms with Gasteiger partial charge in [0.1, 0.15) is 17.4 Å². The van der Waals surface area contributed by atoms with E-state index in [2.05, 4.69) is 0 Å². The molecule has 1 saturated carbocycles. The van der Waals surface area contributed by atoms with Crippen LogP contribution in [0.25, 0.3) is 0 Å². The highest BCUT2D eigenvalue weighted by Gasteiger charge is 2.44. The van der Waals surface area contributed by atoms with Crippen molar-refractivity contribution in [3.8, 4) is 0 Å². The lowest BCUT2D eigenvalue weighted by molar-refractivity contribution is -0.127. The molecule has 0 spiro atoms. The standard InChI is InChI=1S/C18H16F2O/c19-15-8-7-13(16(20)12-15)11-17(21)18(9-4-10-18)14-5-2-1-3-6-14/h1-3,5-8,12H,4,9-11H2. The summed E-state index contributed by atoms with van der Waals surface area (Å²) >= 11 is 0. The quantitative estimate of drug-likeness (QED) is 0.823. The van der Waals surface area contributed by atoms with Crippen molar-refractivity contribution < 1.29 is 13.6 Å². The number of carbonyl (C=O) groups is 1. The van der Waals surface area contributed by atoms with Crippen LogP contribution in [0.5, 0.6) is 0 Å². The first-order valence-corrected chi connectivity index (χ1v) is 7.15. The summed E-state index contributed by atoms with van der Waals surface area (Å²) in [5, 5.41) is 0. The average molecular weight is 286 g/mol. The Bertz CT molecular complexity index is 660. The number of hydrogen-bond donors (Lipinski definition) is 0. The molecule has 0 radical (unpaired) electrons. The zero-order chi connectivity index (χ0) is 14.9. The molecule has 0 atom stereocenters. The molecule has 3 heteroatoms. The minimum absolute atomic E-state index is 0.0149. The fourth-order valence-electron chi connectivity index (χ4n) is 3.02. The van der Waals surface area contributed by atoms with Crippen molar-refractivity contribution in [3.63, 3.8) is 0 Å². The second kappa shape index (κ2) is 5.40. The molecule has 0 aliphatic heterocycles. The van der Waals surface area contributed by atoms with Crippen LogP contribution in [0.3, 0.4) is 0 Å². The predicted octanol–water partition coefficient (Wildman–Crippen LogP) is 4.20. The minimum atomic E-state index is -0.647. The molecule has 0 bridgehead atoms. The highest BCUT2D eigenvalue weighted by Crippen LogP contribution is 2.45. The summed E-state index contributed by atoms with van der Waals surface area (Å²) in [5.74, 6) is -1.25. The highest BCUT2D eigenvalue weighted by atomic mass is 19.1. The van der Waals surface area contributed by atoms with Gasteiger partial charge in [-0.3, -0.25) is 4.79 Å². The van der Waals surface area contributed by atoms with Crippen LogP contribution >= 0.6 is 0 Å². The summed E-state index contributed by atoms with van der Waals surface area (Å²) < 4.78 is 26.7. The highest BCUT2D eigenvalue weighted by molar-refractivity contribution is 5.92. The zero-order valence-electron chi connectivity index (χ0n) is 11.6. The van der Waals surface area contributed by atoms with E-state index in [0.29, 0.717) is 0 Å². The Labute approximate surface area is 122 Å². The van der Waals surface area contributed by atoms with E-state index in [1.54, 1.807) is 0 Å². The first-order valence-electron chi connectivity index (χ1n) is 7.15. The number of benzene rings is 2. The number of rotatable bonds is 4. The Hall–Kier alpha value is -2.03. The van der Waals surface area contributed by atoms with Gasteiger partial charge in [0.05, 0.1) is 5.41 Å². The first kappa shape index (κ1) is 13.9. The molecule has 1 aliphatic carbocycles. The van der Waals surface area contributed by atoms with E-state index < -0.39 is 17.0 Å². The number of ketones is 1. The van der Waals surface area contributed by atoms with E-state index in [1.165, 1.54) is 12.1 Å². The van der Waals surface area contributed by atoms with E-state index in [4.69, 9.17) is 0 Å². The van der Waals surface area contributed by atoms with E-state index in [1.807, 2.05) is 30.3 Å². The van der Waals surface area contributed by atoms with Gasteiger partial charge in [-0.05, 0) is 30.0 Å². The summed E-state index contributed by atoms with van der Waals surface area (Å²) in [5.41, 5.74) is 0.787. The minimum Gasteiger partial charge on any atom is -0.298 e. The van der Waals surface area contributed by atoms with E-state index >= 15 is 0 Å². The molecule has 0 unspecified atom stereocenters. The monoisotopic (exact) mass is 286 g/mol. The van der Waals surface area contributed by atoms with Crippen LogP contribution in [-0.2, 0) is 16.6 Å². The predicted molar refractivity (Wildman–Crippen MR) is 77.0 cm³/mol. The van der Waals surface area contributed by atoms with Crippen LogP contribution in [0.1, 0.15) is 30.4 Å². The van der Waals surface area contributed by atoms with Gasteiger partial charge in [-0.25, -0.2) is 8.78 Å². The number of Topliss-reactive ketones (excluding diaryl/α,β-unsaturated/α-hetero) is 1. The number of hydrogen-bond acceptors (Lipinski definition) is 1. The van der Waals surface area contributed by atoms with Crippen molar-refractivity contribution in [2.75, 3.05) is 0 Å². The lowest BCUT2D eigenvalue weighted by Gasteiger charge is -2.41. The molecular formula is C18H16F2O. The molecule has 2 aromatic carbocycles. The molecule has 0 saturated heterocycles. The average Bonchev–Trinajstić information content (AvgIpc) is 2.42. The molecule has 2 aromatic rings. The molecule has 108 valence electrons. The second-order valence-corrected chi connectivity index (χ2v) is 5.64. The summed E-state index contributed by atoms with van der Waals surface area (Å²) in [4.78, 5) is 12.7.